The van der Waals surface area contributed by atoms with E-state index in [0.29, 0.717) is 0 Å². The van der Waals surface area contributed by atoms with Crippen LogP contribution in [0.5, 0.6) is 0 Å². The van der Waals surface area contributed by atoms with Crippen molar-refractivity contribution in [3.8, 4) is 33.8 Å². The molecule has 0 spiro atoms. The van der Waals surface area contributed by atoms with Gasteiger partial charge >= 0.3 is 0 Å². The van der Waals surface area contributed by atoms with Gasteiger partial charge in [0.15, 0.2) is 5.82 Å². The molecule has 2 aromatic heterocycles. The van der Waals surface area contributed by atoms with Gasteiger partial charge < -0.3 is 4.42 Å². The predicted octanol–water partition coefficient (Wildman–Crippen LogP) is 8.53. The Kier molecular flexibility index (Phi) is 4.46. The fourth-order valence-electron chi connectivity index (χ4n) is 4.84. The highest BCUT2D eigenvalue weighted by atomic mass is 16.3. The molecule has 0 radical (unpaired) electrons. The van der Waals surface area contributed by atoms with E-state index in [-0.39, 0.29) is 0 Å². The molecule has 5 aromatic carbocycles. The molecule has 0 atom stereocenters. The summed E-state index contributed by atoms with van der Waals surface area (Å²) in [6, 6.07) is 41.4. The quantitative estimate of drug-likeness (QED) is 0.272. The maximum absolute atomic E-state index is 6.14. The number of para-hydroxylation sites is 1. The predicted molar refractivity (Wildman–Crippen MR) is 143 cm³/mol. The summed E-state index contributed by atoms with van der Waals surface area (Å²) in [4.78, 5) is 9.99. The van der Waals surface area contributed by atoms with Crippen LogP contribution in [0.3, 0.4) is 0 Å². The van der Waals surface area contributed by atoms with Crippen LogP contribution >= 0.6 is 0 Å². The first-order chi connectivity index (χ1) is 17.3. The molecule has 0 saturated carbocycles. The Morgan fingerprint density at radius 1 is 0.486 bits per heavy atom. The number of rotatable bonds is 3. The van der Waals surface area contributed by atoms with Gasteiger partial charge in [-0.05, 0) is 35.4 Å². The molecule has 0 unspecified atom stereocenters. The molecule has 0 saturated heterocycles. The molecule has 164 valence electrons. The molecule has 0 aliphatic rings. The summed E-state index contributed by atoms with van der Waals surface area (Å²) in [6.07, 6.45) is 0. The Hall–Kier alpha value is -4.76. The Morgan fingerprint density at radius 2 is 1.20 bits per heavy atom. The SMILES string of the molecule is c1ccc(-c2nc(-c3ccccc3)c3cc(-c4cccc5oc6ccccc6c45)ccc3n2)cc1. The lowest BCUT2D eigenvalue weighted by atomic mass is 9.96. The number of aromatic nitrogens is 2. The van der Waals surface area contributed by atoms with Crippen LogP contribution in [-0.2, 0) is 0 Å². The van der Waals surface area contributed by atoms with Crippen LogP contribution in [-0.4, -0.2) is 9.97 Å². The van der Waals surface area contributed by atoms with Crippen molar-refractivity contribution in [3.63, 3.8) is 0 Å². The highest BCUT2D eigenvalue weighted by Gasteiger charge is 2.15. The minimum absolute atomic E-state index is 0.729. The van der Waals surface area contributed by atoms with E-state index in [4.69, 9.17) is 14.4 Å². The topological polar surface area (TPSA) is 38.9 Å². The van der Waals surface area contributed by atoms with Crippen LogP contribution in [0.25, 0.3) is 66.6 Å². The second-order valence-corrected chi connectivity index (χ2v) is 8.64. The molecular weight excluding hydrogens is 428 g/mol. The zero-order valence-electron chi connectivity index (χ0n) is 18.8. The second kappa shape index (κ2) is 7.93. The monoisotopic (exact) mass is 448 g/mol. The van der Waals surface area contributed by atoms with Crippen molar-refractivity contribution in [1.82, 2.24) is 9.97 Å². The zero-order valence-corrected chi connectivity index (χ0v) is 18.8. The maximum Gasteiger partial charge on any atom is 0.160 e. The molecule has 7 aromatic rings. The van der Waals surface area contributed by atoms with Gasteiger partial charge in [-0.3, -0.25) is 0 Å². The highest BCUT2D eigenvalue weighted by Crippen LogP contribution is 2.38. The summed E-state index contributed by atoms with van der Waals surface area (Å²) in [5, 5.41) is 3.28. The lowest BCUT2D eigenvalue weighted by molar-refractivity contribution is 0.669. The largest absolute Gasteiger partial charge is 0.456 e. The van der Waals surface area contributed by atoms with Crippen molar-refractivity contribution in [2.24, 2.45) is 0 Å². The van der Waals surface area contributed by atoms with E-state index in [1.165, 1.54) is 0 Å². The molecule has 7 rings (SSSR count). The summed E-state index contributed by atoms with van der Waals surface area (Å²) in [6.45, 7) is 0. The van der Waals surface area contributed by atoms with Crippen LogP contribution < -0.4 is 0 Å². The Balaban J connectivity index is 1.51. The van der Waals surface area contributed by atoms with Crippen molar-refractivity contribution in [3.05, 3.63) is 121 Å². The van der Waals surface area contributed by atoms with Crippen molar-refractivity contribution >= 4 is 32.8 Å². The van der Waals surface area contributed by atoms with Crippen LogP contribution in [0.15, 0.2) is 126 Å². The highest BCUT2D eigenvalue weighted by molar-refractivity contribution is 6.13. The number of hydrogen-bond acceptors (Lipinski definition) is 3. The van der Waals surface area contributed by atoms with Crippen molar-refractivity contribution in [2.75, 3.05) is 0 Å². The van der Waals surface area contributed by atoms with E-state index in [2.05, 4.69) is 66.7 Å². The Bertz CT molecular complexity index is 1840. The molecule has 0 aliphatic carbocycles. The molecule has 3 heteroatoms. The average Bonchev–Trinajstić information content (AvgIpc) is 3.32. The third-order valence-electron chi connectivity index (χ3n) is 6.49. The van der Waals surface area contributed by atoms with Gasteiger partial charge in [-0.15, -0.1) is 0 Å². The molecule has 0 N–H and O–H groups in total. The zero-order chi connectivity index (χ0) is 23.2. The average molecular weight is 449 g/mol. The van der Waals surface area contributed by atoms with E-state index in [0.717, 1.165) is 66.6 Å². The van der Waals surface area contributed by atoms with Crippen LogP contribution in [0, 0.1) is 0 Å². The van der Waals surface area contributed by atoms with Crippen molar-refractivity contribution in [2.45, 2.75) is 0 Å². The normalized spacial score (nSPS) is 11.4. The van der Waals surface area contributed by atoms with Crippen molar-refractivity contribution < 1.29 is 4.42 Å². The number of benzene rings is 5. The third kappa shape index (κ3) is 3.29. The summed E-state index contributed by atoms with van der Waals surface area (Å²) in [7, 11) is 0. The van der Waals surface area contributed by atoms with Crippen molar-refractivity contribution in [1.29, 1.82) is 0 Å². The Labute approximate surface area is 202 Å². The maximum atomic E-state index is 6.14. The molecule has 3 nitrogen and oxygen atoms in total. The van der Waals surface area contributed by atoms with E-state index in [1.807, 2.05) is 54.6 Å². The van der Waals surface area contributed by atoms with Gasteiger partial charge in [-0.1, -0.05) is 97.1 Å². The van der Waals surface area contributed by atoms with Gasteiger partial charge in [0, 0.05) is 27.3 Å². The molecule has 0 fully saturated rings. The van der Waals surface area contributed by atoms with Gasteiger partial charge in [-0.25, -0.2) is 9.97 Å². The number of fused-ring (bicyclic) bond motifs is 4. The summed E-state index contributed by atoms with van der Waals surface area (Å²) in [5.74, 6) is 0.729. The standard InChI is InChI=1S/C32H20N2O/c1-3-10-21(11-4-1)31-26-20-23(18-19-27(26)33-32(34-31)22-12-5-2-6-13-22)24-15-9-17-29-30(24)25-14-7-8-16-28(25)35-29/h1-20H. The second-order valence-electron chi connectivity index (χ2n) is 8.64. The first-order valence-electron chi connectivity index (χ1n) is 11.7. The summed E-state index contributed by atoms with van der Waals surface area (Å²) < 4.78 is 6.14. The van der Waals surface area contributed by atoms with E-state index in [1.54, 1.807) is 0 Å². The van der Waals surface area contributed by atoms with Gasteiger partial charge in [0.1, 0.15) is 11.2 Å². The van der Waals surface area contributed by atoms with Gasteiger partial charge in [0.05, 0.1) is 11.2 Å². The molecule has 0 amide bonds. The lowest BCUT2D eigenvalue weighted by Crippen LogP contribution is -1.95. The first-order valence-corrected chi connectivity index (χ1v) is 11.7. The first kappa shape index (κ1) is 19.7. The van der Waals surface area contributed by atoms with Gasteiger partial charge in [-0.2, -0.15) is 0 Å². The van der Waals surface area contributed by atoms with E-state index < -0.39 is 0 Å². The molecule has 35 heavy (non-hydrogen) atoms. The Morgan fingerprint density at radius 3 is 2.03 bits per heavy atom. The molecule has 0 aliphatic heterocycles. The molecule has 0 bridgehead atoms. The fourth-order valence-corrected chi connectivity index (χ4v) is 4.84. The van der Waals surface area contributed by atoms with Gasteiger partial charge in [0.25, 0.3) is 0 Å². The summed E-state index contributed by atoms with van der Waals surface area (Å²) in [5.41, 5.74) is 7.97. The van der Waals surface area contributed by atoms with Crippen LogP contribution in [0.1, 0.15) is 0 Å². The van der Waals surface area contributed by atoms with Crippen LogP contribution in [0.2, 0.25) is 0 Å². The number of furan rings is 1. The van der Waals surface area contributed by atoms with Gasteiger partial charge in [0.2, 0.25) is 0 Å². The molecule has 2 heterocycles. The third-order valence-corrected chi connectivity index (χ3v) is 6.49. The number of nitrogens with zero attached hydrogens (tertiary/aromatic N) is 2. The smallest absolute Gasteiger partial charge is 0.160 e. The number of hydrogen-bond donors (Lipinski definition) is 0. The molecular formula is C32H20N2O. The summed E-state index contributed by atoms with van der Waals surface area (Å²) >= 11 is 0. The minimum atomic E-state index is 0.729. The lowest BCUT2D eigenvalue weighted by Gasteiger charge is -2.12. The fraction of sp³-hybridized carbons (Fsp3) is 0. The van der Waals surface area contributed by atoms with E-state index in [9.17, 15) is 0 Å². The van der Waals surface area contributed by atoms with Crippen LogP contribution in [0.4, 0.5) is 0 Å². The van der Waals surface area contributed by atoms with E-state index >= 15 is 0 Å². The minimum Gasteiger partial charge on any atom is -0.456 e.